The maximum absolute atomic E-state index is 12.9. The zero-order valence-electron chi connectivity index (χ0n) is 15.8. The van der Waals surface area contributed by atoms with Gasteiger partial charge in [-0.3, -0.25) is 19.3 Å². The van der Waals surface area contributed by atoms with Gasteiger partial charge in [0.15, 0.2) is 0 Å². The zero-order chi connectivity index (χ0) is 19.0. The maximum atomic E-state index is 12.9. The van der Waals surface area contributed by atoms with Gasteiger partial charge in [0, 0.05) is 18.7 Å². The molecule has 0 spiro atoms. The number of likely N-dealkylation sites (tertiary alicyclic amines) is 1. The summed E-state index contributed by atoms with van der Waals surface area (Å²) in [6.45, 7) is 3.57. The fraction of sp³-hybridized carbons (Fsp3) is 0.500. The second-order valence-electron chi connectivity index (χ2n) is 7.97. The van der Waals surface area contributed by atoms with Crippen molar-refractivity contribution < 1.29 is 14.4 Å². The van der Waals surface area contributed by atoms with Crippen LogP contribution in [0, 0.1) is 11.8 Å². The number of allylic oxidation sites excluding steroid dienone is 2. The molecule has 2 heterocycles. The first-order valence-electron chi connectivity index (χ1n) is 9.99. The fourth-order valence-corrected chi connectivity index (χ4v) is 4.53. The Hall–Kier alpha value is -2.43. The highest BCUT2D eigenvalue weighted by molar-refractivity contribution is 6.22. The Morgan fingerprint density at radius 3 is 2.44 bits per heavy atom. The molecule has 3 aliphatic rings. The molecular weight excluding hydrogens is 340 g/mol. The molecule has 2 atom stereocenters. The van der Waals surface area contributed by atoms with Gasteiger partial charge in [-0.15, -0.1) is 0 Å². The van der Waals surface area contributed by atoms with Gasteiger partial charge in [0.2, 0.25) is 11.8 Å². The predicted octanol–water partition coefficient (Wildman–Crippen LogP) is 3.55. The van der Waals surface area contributed by atoms with Crippen molar-refractivity contribution in [1.82, 2.24) is 4.90 Å². The summed E-state index contributed by atoms with van der Waals surface area (Å²) in [5, 5.41) is 0. The molecule has 5 nitrogen and oxygen atoms in total. The van der Waals surface area contributed by atoms with Crippen molar-refractivity contribution in [3.8, 4) is 0 Å². The van der Waals surface area contributed by atoms with Crippen LogP contribution in [0.4, 0.5) is 5.69 Å². The van der Waals surface area contributed by atoms with Gasteiger partial charge in [-0.25, -0.2) is 0 Å². The number of hydrogen-bond donors (Lipinski definition) is 0. The van der Waals surface area contributed by atoms with Crippen LogP contribution in [0.25, 0.3) is 0 Å². The number of fused-ring (bicyclic) bond motifs is 1. The fourth-order valence-electron chi connectivity index (χ4n) is 4.53. The predicted molar refractivity (Wildman–Crippen MR) is 103 cm³/mol. The van der Waals surface area contributed by atoms with Gasteiger partial charge in [0.1, 0.15) is 0 Å². The first-order valence-corrected chi connectivity index (χ1v) is 9.99. The molecule has 2 fully saturated rings. The van der Waals surface area contributed by atoms with Gasteiger partial charge in [0.05, 0.1) is 17.5 Å². The number of hydrogen-bond acceptors (Lipinski definition) is 3. The molecule has 2 saturated heterocycles. The summed E-state index contributed by atoms with van der Waals surface area (Å²) in [5.41, 5.74) is 2.25. The number of benzene rings is 1. The summed E-state index contributed by atoms with van der Waals surface area (Å²) in [4.78, 5) is 41.9. The number of carbonyl (C=O) groups excluding carboxylic acids is 3. The van der Waals surface area contributed by atoms with Crippen LogP contribution in [-0.2, 0) is 9.59 Å². The monoisotopic (exact) mass is 366 g/mol. The standard InChI is InChI=1S/C22H26N2O3/c1-15-9-10-18-19(13-15)22(27)24(21(18)26)17-8-6-7-16(14-17)20(25)23-11-4-2-3-5-12-23/h6-9,14,18-19H,2-5,10-13H2,1H3/t18-,19+/m0/s1. The third-order valence-electron chi connectivity index (χ3n) is 6.07. The Morgan fingerprint density at radius 2 is 1.70 bits per heavy atom. The second kappa shape index (κ2) is 7.29. The van der Waals surface area contributed by atoms with Crippen molar-refractivity contribution in [2.75, 3.05) is 18.0 Å². The molecule has 0 N–H and O–H groups in total. The van der Waals surface area contributed by atoms with E-state index in [4.69, 9.17) is 0 Å². The summed E-state index contributed by atoms with van der Waals surface area (Å²) >= 11 is 0. The molecule has 1 aromatic rings. The second-order valence-corrected chi connectivity index (χ2v) is 7.97. The van der Waals surface area contributed by atoms with E-state index in [2.05, 4.69) is 6.08 Å². The number of rotatable bonds is 2. The maximum Gasteiger partial charge on any atom is 0.253 e. The summed E-state index contributed by atoms with van der Waals surface area (Å²) < 4.78 is 0. The van der Waals surface area contributed by atoms with E-state index in [1.165, 1.54) is 10.5 Å². The van der Waals surface area contributed by atoms with Gasteiger partial charge < -0.3 is 4.90 Å². The minimum Gasteiger partial charge on any atom is -0.339 e. The molecule has 3 amide bonds. The Morgan fingerprint density at radius 1 is 1.00 bits per heavy atom. The topological polar surface area (TPSA) is 57.7 Å². The van der Waals surface area contributed by atoms with Crippen LogP contribution in [0.15, 0.2) is 35.9 Å². The Labute approximate surface area is 160 Å². The van der Waals surface area contributed by atoms with E-state index in [0.29, 0.717) is 24.1 Å². The molecule has 1 aromatic carbocycles. The van der Waals surface area contributed by atoms with Gasteiger partial charge in [-0.1, -0.05) is 30.6 Å². The van der Waals surface area contributed by atoms with Crippen molar-refractivity contribution in [1.29, 1.82) is 0 Å². The summed E-state index contributed by atoms with van der Waals surface area (Å²) in [6.07, 6.45) is 7.74. The normalized spacial score (nSPS) is 25.9. The minimum atomic E-state index is -0.258. The number of nitrogens with zero attached hydrogens (tertiary/aromatic N) is 2. The molecule has 1 aliphatic carbocycles. The largest absolute Gasteiger partial charge is 0.339 e. The van der Waals surface area contributed by atoms with Gasteiger partial charge in [0.25, 0.3) is 5.91 Å². The van der Waals surface area contributed by atoms with E-state index in [9.17, 15) is 14.4 Å². The zero-order valence-corrected chi connectivity index (χ0v) is 15.8. The number of anilines is 1. The highest BCUT2D eigenvalue weighted by Crippen LogP contribution is 2.39. The van der Waals surface area contributed by atoms with E-state index in [0.717, 1.165) is 38.8 Å². The molecule has 27 heavy (non-hydrogen) atoms. The van der Waals surface area contributed by atoms with Crippen LogP contribution in [-0.4, -0.2) is 35.7 Å². The molecule has 5 heteroatoms. The van der Waals surface area contributed by atoms with Crippen molar-refractivity contribution in [2.45, 2.75) is 45.4 Å². The lowest BCUT2D eigenvalue weighted by atomic mass is 9.82. The molecule has 2 aliphatic heterocycles. The first kappa shape index (κ1) is 18.0. The molecule has 0 unspecified atom stereocenters. The average molecular weight is 366 g/mol. The van der Waals surface area contributed by atoms with Crippen molar-refractivity contribution in [3.63, 3.8) is 0 Å². The lowest BCUT2D eigenvalue weighted by Gasteiger charge is -2.21. The third-order valence-corrected chi connectivity index (χ3v) is 6.07. The van der Waals surface area contributed by atoms with Gasteiger partial charge >= 0.3 is 0 Å². The Bertz CT molecular complexity index is 806. The molecular formula is C22H26N2O3. The van der Waals surface area contributed by atoms with Crippen LogP contribution in [0.3, 0.4) is 0 Å². The van der Waals surface area contributed by atoms with Crippen LogP contribution in [0.2, 0.25) is 0 Å². The van der Waals surface area contributed by atoms with E-state index in [1.807, 2.05) is 11.8 Å². The molecule has 142 valence electrons. The Balaban J connectivity index is 1.58. The summed E-state index contributed by atoms with van der Waals surface area (Å²) in [6, 6.07) is 7.01. The van der Waals surface area contributed by atoms with Gasteiger partial charge in [-0.2, -0.15) is 0 Å². The SMILES string of the molecule is CC1=CC[C@@H]2C(=O)N(c3cccc(C(=O)N4CCCCCC4)c3)C(=O)[C@@H]2C1. The third kappa shape index (κ3) is 3.31. The molecule has 0 aromatic heterocycles. The van der Waals surface area contributed by atoms with Crippen LogP contribution in [0.1, 0.15) is 55.8 Å². The molecule has 0 radical (unpaired) electrons. The molecule has 0 saturated carbocycles. The lowest BCUT2D eigenvalue weighted by Crippen LogP contribution is -2.33. The number of carbonyl (C=O) groups is 3. The smallest absolute Gasteiger partial charge is 0.253 e. The van der Waals surface area contributed by atoms with Gasteiger partial charge in [-0.05, 0) is 50.8 Å². The molecule has 0 bridgehead atoms. The van der Waals surface area contributed by atoms with E-state index in [-0.39, 0.29) is 29.6 Å². The Kier molecular flexibility index (Phi) is 4.85. The average Bonchev–Trinajstić information content (AvgIpc) is 2.87. The summed E-state index contributed by atoms with van der Waals surface area (Å²) in [7, 11) is 0. The highest BCUT2D eigenvalue weighted by Gasteiger charge is 2.48. The summed E-state index contributed by atoms with van der Waals surface area (Å²) in [5.74, 6) is -0.781. The molecule has 4 rings (SSSR count). The number of amides is 3. The van der Waals surface area contributed by atoms with Crippen molar-refractivity contribution in [2.24, 2.45) is 11.8 Å². The van der Waals surface area contributed by atoms with Crippen molar-refractivity contribution in [3.05, 3.63) is 41.5 Å². The highest BCUT2D eigenvalue weighted by atomic mass is 16.2. The van der Waals surface area contributed by atoms with E-state index in [1.54, 1.807) is 24.3 Å². The van der Waals surface area contributed by atoms with E-state index >= 15 is 0 Å². The van der Waals surface area contributed by atoms with Crippen LogP contribution in [0.5, 0.6) is 0 Å². The number of imide groups is 1. The van der Waals surface area contributed by atoms with Crippen molar-refractivity contribution >= 4 is 23.4 Å². The lowest BCUT2D eigenvalue weighted by molar-refractivity contribution is -0.122. The van der Waals surface area contributed by atoms with Crippen LogP contribution >= 0.6 is 0 Å². The quantitative estimate of drug-likeness (QED) is 0.594. The minimum absolute atomic E-state index is 0.00669. The first-order chi connectivity index (χ1) is 13.1. The van der Waals surface area contributed by atoms with Crippen LogP contribution < -0.4 is 4.90 Å². The van der Waals surface area contributed by atoms with E-state index < -0.39 is 0 Å².